The van der Waals surface area contributed by atoms with Crippen LogP contribution in [0.15, 0.2) is 22.7 Å². The number of benzene rings is 1. The van der Waals surface area contributed by atoms with Gasteiger partial charge in [-0.25, -0.2) is 0 Å². The SMILES string of the molecule is Cc1ccc(NC(=O)C(=O)N2CCNCC2)c(Br)c1. The van der Waals surface area contributed by atoms with Crippen molar-refractivity contribution in [2.75, 3.05) is 31.5 Å². The van der Waals surface area contributed by atoms with E-state index in [1.54, 1.807) is 11.0 Å². The first-order valence-electron chi connectivity index (χ1n) is 6.15. The van der Waals surface area contributed by atoms with E-state index in [2.05, 4.69) is 26.6 Å². The number of nitrogens with zero attached hydrogens (tertiary/aromatic N) is 1. The zero-order valence-electron chi connectivity index (χ0n) is 10.7. The zero-order valence-corrected chi connectivity index (χ0v) is 12.3. The molecule has 6 heteroatoms. The van der Waals surface area contributed by atoms with Gasteiger partial charge in [0.05, 0.1) is 5.69 Å². The first-order chi connectivity index (χ1) is 9.08. The summed E-state index contributed by atoms with van der Waals surface area (Å²) in [5, 5.41) is 5.78. The number of carbonyl (C=O) groups excluding carboxylic acids is 2. The molecule has 1 aliphatic rings. The van der Waals surface area contributed by atoms with Gasteiger partial charge in [-0.05, 0) is 40.5 Å². The van der Waals surface area contributed by atoms with Gasteiger partial charge >= 0.3 is 11.8 Å². The van der Waals surface area contributed by atoms with Crippen LogP contribution in [0.1, 0.15) is 5.56 Å². The van der Waals surface area contributed by atoms with Crippen molar-refractivity contribution in [2.45, 2.75) is 6.92 Å². The summed E-state index contributed by atoms with van der Waals surface area (Å²) in [6, 6.07) is 5.56. The fourth-order valence-electron chi connectivity index (χ4n) is 1.91. The number of halogens is 1. The Labute approximate surface area is 120 Å². The molecule has 1 aromatic rings. The average molecular weight is 326 g/mol. The van der Waals surface area contributed by atoms with Crippen molar-refractivity contribution in [3.05, 3.63) is 28.2 Å². The van der Waals surface area contributed by atoms with E-state index < -0.39 is 11.8 Å². The maximum atomic E-state index is 12.0. The second kappa shape index (κ2) is 6.16. The van der Waals surface area contributed by atoms with Crippen LogP contribution < -0.4 is 10.6 Å². The van der Waals surface area contributed by atoms with Crippen LogP contribution in [0.4, 0.5) is 5.69 Å². The van der Waals surface area contributed by atoms with E-state index in [0.717, 1.165) is 23.1 Å². The average Bonchev–Trinajstić information content (AvgIpc) is 2.42. The van der Waals surface area contributed by atoms with Crippen LogP contribution in [0.5, 0.6) is 0 Å². The molecule has 5 nitrogen and oxygen atoms in total. The lowest BCUT2D eigenvalue weighted by atomic mass is 10.2. The Balaban J connectivity index is 2.01. The molecule has 2 N–H and O–H groups in total. The van der Waals surface area contributed by atoms with Gasteiger partial charge in [0.25, 0.3) is 0 Å². The third-order valence-electron chi connectivity index (χ3n) is 2.97. The summed E-state index contributed by atoms with van der Waals surface area (Å²) in [4.78, 5) is 25.4. The minimum absolute atomic E-state index is 0.478. The molecule has 1 saturated heterocycles. The smallest absolute Gasteiger partial charge is 0.313 e. The van der Waals surface area contributed by atoms with Gasteiger partial charge in [0.15, 0.2) is 0 Å². The molecule has 2 rings (SSSR count). The van der Waals surface area contributed by atoms with Crippen molar-refractivity contribution >= 4 is 33.4 Å². The molecule has 1 aromatic carbocycles. The highest BCUT2D eigenvalue weighted by atomic mass is 79.9. The summed E-state index contributed by atoms with van der Waals surface area (Å²) in [6.45, 7) is 4.56. The molecule has 0 spiro atoms. The van der Waals surface area contributed by atoms with Crippen molar-refractivity contribution in [3.63, 3.8) is 0 Å². The summed E-state index contributed by atoms with van der Waals surface area (Å²) in [5.41, 5.74) is 1.69. The number of anilines is 1. The van der Waals surface area contributed by atoms with E-state index in [1.165, 1.54) is 0 Å². The highest BCUT2D eigenvalue weighted by molar-refractivity contribution is 9.10. The highest BCUT2D eigenvalue weighted by Crippen LogP contribution is 2.23. The van der Waals surface area contributed by atoms with Crippen molar-refractivity contribution in [1.82, 2.24) is 10.2 Å². The van der Waals surface area contributed by atoms with Gasteiger partial charge in [0.2, 0.25) is 0 Å². The summed E-state index contributed by atoms with van der Waals surface area (Å²) in [6.07, 6.45) is 0. The van der Waals surface area contributed by atoms with Gasteiger partial charge in [-0.1, -0.05) is 6.07 Å². The molecule has 0 saturated carbocycles. The van der Waals surface area contributed by atoms with E-state index in [0.29, 0.717) is 18.8 Å². The normalized spacial score (nSPS) is 15.2. The van der Waals surface area contributed by atoms with Crippen LogP contribution in [-0.4, -0.2) is 42.9 Å². The van der Waals surface area contributed by atoms with Gasteiger partial charge < -0.3 is 15.5 Å². The maximum absolute atomic E-state index is 12.0. The number of carbonyl (C=O) groups is 2. The number of nitrogens with one attached hydrogen (secondary N) is 2. The molecule has 1 heterocycles. The lowest BCUT2D eigenvalue weighted by Gasteiger charge is -2.26. The fourth-order valence-corrected chi connectivity index (χ4v) is 2.50. The van der Waals surface area contributed by atoms with Crippen LogP contribution in [0.25, 0.3) is 0 Å². The summed E-state index contributed by atoms with van der Waals surface area (Å²) in [7, 11) is 0. The van der Waals surface area contributed by atoms with Crippen molar-refractivity contribution < 1.29 is 9.59 Å². The van der Waals surface area contributed by atoms with Crippen LogP contribution in [0.3, 0.4) is 0 Å². The van der Waals surface area contributed by atoms with Gasteiger partial charge in [-0.15, -0.1) is 0 Å². The van der Waals surface area contributed by atoms with Crippen LogP contribution in [0.2, 0.25) is 0 Å². The molecule has 0 aromatic heterocycles. The number of aryl methyl sites for hydroxylation is 1. The van der Waals surface area contributed by atoms with E-state index in [9.17, 15) is 9.59 Å². The number of rotatable bonds is 1. The molecule has 0 bridgehead atoms. The molecule has 0 radical (unpaired) electrons. The molecule has 19 heavy (non-hydrogen) atoms. The minimum atomic E-state index is -0.591. The molecular formula is C13H16BrN3O2. The van der Waals surface area contributed by atoms with Crippen molar-refractivity contribution in [1.29, 1.82) is 0 Å². The first kappa shape index (κ1) is 14.0. The molecule has 2 amide bonds. The molecule has 0 atom stereocenters. The first-order valence-corrected chi connectivity index (χ1v) is 6.94. The Morgan fingerprint density at radius 2 is 2.00 bits per heavy atom. The molecule has 0 unspecified atom stereocenters. The third kappa shape index (κ3) is 3.54. The Morgan fingerprint density at radius 1 is 1.32 bits per heavy atom. The second-order valence-electron chi connectivity index (χ2n) is 4.48. The third-order valence-corrected chi connectivity index (χ3v) is 3.63. The minimum Gasteiger partial charge on any atom is -0.332 e. The molecule has 1 fully saturated rings. The van der Waals surface area contributed by atoms with Crippen LogP contribution in [-0.2, 0) is 9.59 Å². The number of piperazine rings is 1. The molecular weight excluding hydrogens is 310 g/mol. The van der Waals surface area contributed by atoms with Gasteiger partial charge in [0.1, 0.15) is 0 Å². The predicted octanol–water partition coefficient (Wildman–Crippen LogP) is 1.13. The summed E-state index contributed by atoms with van der Waals surface area (Å²) in [5.74, 6) is -1.07. The van der Waals surface area contributed by atoms with E-state index in [4.69, 9.17) is 0 Å². The molecule has 102 valence electrons. The number of hydrogen-bond donors (Lipinski definition) is 2. The Kier molecular flexibility index (Phi) is 4.55. The number of amides is 2. The quantitative estimate of drug-likeness (QED) is 0.761. The van der Waals surface area contributed by atoms with E-state index in [-0.39, 0.29) is 0 Å². The van der Waals surface area contributed by atoms with Crippen molar-refractivity contribution in [3.8, 4) is 0 Å². The zero-order chi connectivity index (χ0) is 13.8. The van der Waals surface area contributed by atoms with Crippen LogP contribution >= 0.6 is 15.9 Å². The summed E-state index contributed by atoms with van der Waals surface area (Å²) < 4.78 is 0.772. The van der Waals surface area contributed by atoms with Gasteiger partial charge in [-0.2, -0.15) is 0 Å². The van der Waals surface area contributed by atoms with Crippen LogP contribution in [0, 0.1) is 6.92 Å². The monoisotopic (exact) mass is 325 g/mol. The second-order valence-corrected chi connectivity index (χ2v) is 5.33. The van der Waals surface area contributed by atoms with E-state index >= 15 is 0 Å². The predicted molar refractivity (Wildman–Crippen MR) is 77.0 cm³/mol. The Bertz CT molecular complexity index is 499. The van der Waals surface area contributed by atoms with Crippen molar-refractivity contribution in [2.24, 2.45) is 0 Å². The maximum Gasteiger partial charge on any atom is 0.313 e. The topological polar surface area (TPSA) is 61.4 Å². The highest BCUT2D eigenvalue weighted by Gasteiger charge is 2.23. The number of hydrogen-bond acceptors (Lipinski definition) is 3. The molecule has 1 aliphatic heterocycles. The largest absolute Gasteiger partial charge is 0.332 e. The Morgan fingerprint density at radius 3 is 2.63 bits per heavy atom. The fraction of sp³-hybridized carbons (Fsp3) is 0.385. The lowest BCUT2D eigenvalue weighted by molar-refractivity contribution is -0.143. The summed E-state index contributed by atoms with van der Waals surface area (Å²) >= 11 is 3.37. The lowest BCUT2D eigenvalue weighted by Crippen LogP contribution is -2.49. The van der Waals surface area contributed by atoms with Gasteiger partial charge in [0, 0.05) is 30.7 Å². The Hall–Kier alpha value is -1.40. The standard InChI is InChI=1S/C13H16BrN3O2/c1-9-2-3-11(10(14)8-9)16-12(18)13(19)17-6-4-15-5-7-17/h2-3,8,15H,4-7H2,1H3,(H,16,18). The van der Waals surface area contributed by atoms with Gasteiger partial charge in [-0.3, -0.25) is 9.59 Å². The molecule has 0 aliphatic carbocycles. The van der Waals surface area contributed by atoms with E-state index in [1.807, 2.05) is 19.1 Å².